The number of halogens is 3. The second-order valence-electron chi connectivity index (χ2n) is 8.89. The topological polar surface area (TPSA) is 90.2 Å². The molecule has 0 bridgehead atoms. The first-order chi connectivity index (χ1) is 17.2. The molecule has 2 atom stereocenters. The molecule has 6 nitrogen and oxygen atoms in total. The van der Waals surface area contributed by atoms with Gasteiger partial charge >= 0.3 is 5.97 Å². The van der Waals surface area contributed by atoms with Crippen molar-refractivity contribution >= 4 is 40.8 Å². The van der Waals surface area contributed by atoms with E-state index in [2.05, 4.69) is 11.9 Å². The summed E-state index contributed by atoms with van der Waals surface area (Å²) in [5.74, 6) is -0.333. The number of likely N-dealkylation sites (N-methyl/N-ethyl adjacent to an activating group) is 1. The maximum Gasteiger partial charge on any atom is 0.337 e. The van der Waals surface area contributed by atoms with Crippen LogP contribution in [0.15, 0.2) is 48.5 Å². The number of aliphatic carboxylic acids is 1. The van der Waals surface area contributed by atoms with Gasteiger partial charge in [0.05, 0.1) is 21.7 Å². The molecule has 36 heavy (non-hydrogen) atoms. The standard InChI is InChI=1S/C19H18Cl3NO2.C8H8O3/c1-23-4-2-10-6-14(20)16(24)8-12(10)13(9-23)17-18(22)15(21)7-11-3-5-25-19(11)17;9-7(8(10)11)6-4-2-1-3-5-6/h6-8,13,24H,2-5,9H2,1H3;1-5,7,9H,(H,10,11)/t13-;/m0./s1. The summed E-state index contributed by atoms with van der Waals surface area (Å²) in [5, 5.41) is 29.0. The Morgan fingerprint density at radius 2 is 1.75 bits per heavy atom. The summed E-state index contributed by atoms with van der Waals surface area (Å²) in [7, 11) is 2.08. The maximum absolute atomic E-state index is 10.2. The number of aromatic hydroxyl groups is 1. The van der Waals surface area contributed by atoms with E-state index in [9.17, 15) is 9.90 Å². The summed E-state index contributed by atoms with van der Waals surface area (Å²) in [6, 6.07) is 13.8. The van der Waals surface area contributed by atoms with Crippen LogP contribution in [0.2, 0.25) is 15.1 Å². The van der Waals surface area contributed by atoms with E-state index >= 15 is 0 Å². The Bertz CT molecular complexity index is 1270. The first kappa shape index (κ1) is 26.6. The molecule has 190 valence electrons. The number of hydrogen-bond acceptors (Lipinski definition) is 5. The van der Waals surface area contributed by atoms with Gasteiger partial charge in [-0.3, -0.25) is 0 Å². The molecule has 3 aromatic rings. The highest BCUT2D eigenvalue weighted by Gasteiger charge is 2.32. The van der Waals surface area contributed by atoms with Gasteiger partial charge in [-0.05, 0) is 53.9 Å². The molecule has 9 heteroatoms. The van der Waals surface area contributed by atoms with Gasteiger partial charge in [0.2, 0.25) is 0 Å². The number of carboxylic acid groups (broad SMARTS) is 1. The van der Waals surface area contributed by atoms with Gasteiger partial charge in [-0.25, -0.2) is 4.79 Å². The quantitative estimate of drug-likeness (QED) is 0.387. The summed E-state index contributed by atoms with van der Waals surface area (Å²) in [5.41, 5.74) is 4.57. The van der Waals surface area contributed by atoms with Crippen LogP contribution >= 0.6 is 34.8 Å². The Balaban J connectivity index is 0.000000233. The van der Waals surface area contributed by atoms with E-state index in [1.54, 1.807) is 36.4 Å². The lowest BCUT2D eigenvalue weighted by Crippen LogP contribution is -2.24. The second-order valence-corrected chi connectivity index (χ2v) is 10.1. The molecule has 0 radical (unpaired) electrons. The zero-order chi connectivity index (χ0) is 26.0. The van der Waals surface area contributed by atoms with Gasteiger partial charge in [0.1, 0.15) is 11.5 Å². The average Bonchev–Trinajstić information content (AvgIpc) is 3.26. The maximum atomic E-state index is 10.2. The summed E-state index contributed by atoms with van der Waals surface area (Å²) in [4.78, 5) is 12.5. The molecule has 2 heterocycles. The van der Waals surface area contributed by atoms with Gasteiger partial charge in [0.25, 0.3) is 0 Å². The summed E-state index contributed by atoms with van der Waals surface area (Å²) >= 11 is 19.2. The number of benzene rings is 3. The fourth-order valence-electron chi connectivity index (χ4n) is 4.61. The number of rotatable bonds is 3. The lowest BCUT2D eigenvalue weighted by Gasteiger charge is -2.25. The van der Waals surface area contributed by atoms with Crippen molar-refractivity contribution in [2.75, 3.05) is 26.7 Å². The smallest absolute Gasteiger partial charge is 0.337 e. The average molecular weight is 551 g/mol. The van der Waals surface area contributed by atoms with Crippen molar-refractivity contribution < 1.29 is 24.9 Å². The van der Waals surface area contributed by atoms with Crippen molar-refractivity contribution in [3.05, 3.63) is 91.4 Å². The van der Waals surface area contributed by atoms with E-state index in [-0.39, 0.29) is 11.7 Å². The highest BCUT2D eigenvalue weighted by atomic mass is 35.5. The predicted molar refractivity (Wildman–Crippen MR) is 141 cm³/mol. The van der Waals surface area contributed by atoms with Crippen molar-refractivity contribution in [3.8, 4) is 11.5 Å². The third-order valence-electron chi connectivity index (χ3n) is 6.44. The summed E-state index contributed by atoms with van der Waals surface area (Å²) in [6.07, 6.45) is 0.292. The van der Waals surface area contributed by atoms with Gasteiger partial charge in [-0.2, -0.15) is 0 Å². The molecule has 0 spiro atoms. The van der Waals surface area contributed by atoms with Crippen molar-refractivity contribution in [2.24, 2.45) is 0 Å². The Hall–Kier alpha value is -2.48. The number of aliphatic hydroxyl groups is 1. The van der Waals surface area contributed by atoms with Crippen LogP contribution in [0.3, 0.4) is 0 Å². The van der Waals surface area contributed by atoms with Crippen LogP contribution in [0, 0.1) is 0 Å². The molecule has 0 saturated heterocycles. The minimum Gasteiger partial charge on any atom is -0.506 e. The van der Waals surface area contributed by atoms with Crippen molar-refractivity contribution in [1.82, 2.24) is 4.90 Å². The van der Waals surface area contributed by atoms with E-state index in [1.165, 1.54) is 0 Å². The molecule has 0 amide bonds. The van der Waals surface area contributed by atoms with Gasteiger partial charge in [-0.1, -0.05) is 65.1 Å². The summed E-state index contributed by atoms with van der Waals surface area (Å²) < 4.78 is 5.91. The Kier molecular flexibility index (Phi) is 8.33. The van der Waals surface area contributed by atoms with Crippen molar-refractivity contribution in [1.29, 1.82) is 0 Å². The molecule has 1 unspecified atom stereocenters. The van der Waals surface area contributed by atoms with Crippen LogP contribution in [0.4, 0.5) is 0 Å². The molecule has 3 aromatic carbocycles. The van der Waals surface area contributed by atoms with Crippen LogP contribution in [0.5, 0.6) is 11.5 Å². The lowest BCUT2D eigenvalue weighted by molar-refractivity contribution is -0.146. The molecule has 2 aliphatic rings. The minimum atomic E-state index is -1.41. The van der Waals surface area contributed by atoms with Crippen LogP contribution in [0.1, 0.15) is 39.8 Å². The summed E-state index contributed by atoms with van der Waals surface area (Å²) in [6.45, 7) is 2.32. The van der Waals surface area contributed by atoms with Crippen molar-refractivity contribution in [3.63, 3.8) is 0 Å². The van der Waals surface area contributed by atoms with Crippen LogP contribution in [-0.2, 0) is 17.6 Å². The van der Waals surface area contributed by atoms with E-state index < -0.39 is 12.1 Å². The zero-order valence-corrected chi connectivity index (χ0v) is 21.8. The van der Waals surface area contributed by atoms with Gasteiger partial charge in [-0.15, -0.1) is 0 Å². The molecule has 5 rings (SSSR count). The number of carbonyl (C=O) groups is 1. The molecular weight excluding hydrogens is 525 g/mol. The highest BCUT2D eigenvalue weighted by molar-refractivity contribution is 6.42. The van der Waals surface area contributed by atoms with Gasteiger partial charge in [0.15, 0.2) is 6.10 Å². The van der Waals surface area contributed by atoms with E-state index in [4.69, 9.17) is 49.8 Å². The molecule has 0 saturated carbocycles. The number of nitrogens with zero attached hydrogens (tertiary/aromatic N) is 1. The molecule has 2 aliphatic heterocycles. The molecule has 0 aliphatic carbocycles. The third-order valence-corrected chi connectivity index (χ3v) is 7.54. The number of aliphatic hydroxyl groups excluding tert-OH is 1. The van der Waals surface area contributed by atoms with E-state index in [0.29, 0.717) is 27.2 Å². The number of fused-ring (bicyclic) bond motifs is 2. The van der Waals surface area contributed by atoms with E-state index in [0.717, 1.165) is 53.9 Å². The number of ether oxygens (including phenoxy) is 1. The second kappa shape index (κ2) is 11.3. The predicted octanol–water partition coefficient (Wildman–Crippen LogP) is 5.71. The molecule has 0 fully saturated rings. The molecular formula is C27H26Cl3NO5. The van der Waals surface area contributed by atoms with Crippen LogP contribution in [0.25, 0.3) is 0 Å². The Morgan fingerprint density at radius 3 is 2.44 bits per heavy atom. The first-order valence-corrected chi connectivity index (χ1v) is 12.6. The Morgan fingerprint density at radius 1 is 1.06 bits per heavy atom. The lowest BCUT2D eigenvalue weighted by atomic mass is 9.86. The van der Waals surface area contributed by atoms with Gasteiger partial charge in [0, 0.05) is 31.0 Å². The Labute approximate surface area is 224 Å². The van der Waals surface area contributed by atoms with Crippen LogP contribution in [-0.4, -0.2) is 52.9 Å². The monoisotopic (exact) mass is 549 g/mol. The largest absolute Gasteiger partial charge is 0.506 e. The van der Waals surface area contributed by atoms with E-state index in [1.807, 2.05) is 12.1 Å². The SMILES string of the molecule is CN1CCc2cc(Cl)c(O)cc2[C@@H](c2c(Cl)c(Cl)cc3c2OCC3)C1.O=C(O)C(O)c1ccccc1. The highest BCUT2D eigenvalue weighted by Crippen LogP contribution is 2.47. The van der Waals surface area contributed by atoms with Crippen molar-refractivity contribution in [2.45, 2.75) is 24.9 Å². The normalized spacial score (nSPS) is 17.6. The fourth-order valence-corrected chi connectivity index (χ4v) is 5.30. The fraction of sp³-hybridized carbons (Fsp3) is 0.296. The molecule has 3 N–H and O–H groups in total. The number of carboxylic acids is 1. The zero-order valence-electron chi connectivity index (χ0n) is 19.5. The first-order valence-electron chi connectivity index (χ1n) is 11.5. The van der Waals surface area contributed by atoms with Gasteiger partial charge < -0.3 is 25.0 Å². The number of phenols is 1. The molecule has 0 aromatic heterocycles. The third kappa shape index (κ3) is 5.58. The number of phenolic OH excluding ortho intramolecular Hbond substituents is 1. The van der Waals surface area contributed by atoms with Crippen LogP contribution < -0.4 is 4.74 Å². The number of hydrogen-bond donors (Lipinski definition) is 3. The minimum absolute atomic E-state index is 0.0382.